The van der Waals surface area contributed by atoms with E-state index in [4.69, 9.17) is 5.73 Å². The van der Waals surface area contributed by atoms with Crippen molar-refractivity contribution in [3.63, 3.8) is 0 Å². The van der Waals surface area contributed by atoms with E-state index in [9.17, 15) is 0 Å². The van der Waals surface area contributed by atoms with Gasteiger partial charge in [0.2, 0.25) is 0 Å². The van der Waals surface area contributed by atoms with E-state index >= 15 is 0 Å². The standard InChI is InChI=1S/C9H14N2.ClH/c1-3-8(10)9-7(2)5-4-6-11-9;/h4-6,8H,3,10H2,1-2H3;1H. The summed E-state index contributed by atoms with van der Waals surface area (Å²) in [6.07, 6.45) is 2.73. The van der Waals surface area contributed by atoms with Gasteiger partial charge < -0.3 is 5.73 Å². The molecular weight excluding hydrogens is 172 g/mol. The molecule has 2 nitrogen and oxygen atoms in total. The highest BCUT2D eigenvalue weighted by molar-refractivity contribution is 5.85. The number of aryl methyl sites for hydroxylation is 1. The van der Waals surface area contributed by atoms with E-state index in [1.165, 1.54) is 5.56 Å². The fraction of sp³-hybridized carbons (Fsp3) is 0.444. The van der Waals surface area contributed by atoms with Crippen LogP contribution in [0.15, 0.2) is 18.3 Å². The van der Waals surface area contributed by atoms with Crippen LogP contribution in [0.3, 0.4) is 0 Å². The number of hydrogen-bond donors (Lipinski definition) is 1. The average Bonchev–Trinajstić information content (AvgIpc) is 2.04. The third-order valence-corrected chi connectivity index (χ3v) is 1.84. The fourth-order valence-corrected chi connectivity index (χ4v) is 1.08. The van der Waals surface area contributed by atoms with Crippen LogP contribution < -0.4 is 5.73 Å². The van der Waals surface area contributed by atoms with Crippen LogP contribution in [0.25, 0.3) is 0 Å². The first-order valence-electron chi connectivity index (χ1n) is 3.92. The van der Waals surface area contributed by atoms with Crippen LogP contribution in [0.4, 0.5) is 0 Å². The molecule has 2 N–H and O–H groups in total. The van der Waals surface area contributed by atoms with Gasteiger partial charge in [0.25, 0.3) is 0 Å². The minimum atomic E-state index is 0. The zero-order valence-corrected chi connectivity index (χ0v) is 8.27. The van der Waals surface area contributed by atoms with Gasteiger partial charge in [-0.15, -0.1) is 12.4 Å². The molecule has 0 radical (unpaired) electrons. The van der Waals surface area contributed by atoms with E-state index in [0.29, 0.717) is 0 Å². The van der Waals surface area contributed by atoms with Crippen molar-refractivity contribution in [2.75, 3.05) is 0 Å². The topological polar surface area (TPSA) is 38.9 Å². The van der Waals surface area contributed by atoms with Crippen molar-refractivity contribution in [2.45, 2.75) is 26.3 Å². The summed E-state index contributed by atoms with van der Waals surface area (Å²) in [5.74, 6) is 0. The molecule has 1 aromatic rings. The lowest BCUT2D eigenvalue weighted by molar-refractivity contribution is 0.670. The molecule has 68 valence electrons. The predicted octanol–water partition coefficient (Wildman–Crippen LogP) is 2.22. The van der Waals surface area contributed by atoms with Crippen molar-refractivity contribution in [2.24, 2.45) is 5.73 Å². The second-order valence-electron chi connectivity index (χ2n) is 2.72. The third kappa shape index (κ3) is 2.47. The molecule has 0 fully saturated rings. The van der Waals surface area contributed by atoms with Crippen LogP contribution in [0, 0.1) is 6.92 Å². The van der Waals surface area contributed by atoms with Crippen LogP contribution in [-0.2, 0) is 0 Å². The van der Waals surface area contributed by atoms with E-state index in [0.717, 1.165) is 12.1 Å². The summed E-state index contributed by atoms with van der Waals surface area (Å²) in [5, 5.41) is 0. The van der Waals surface area contributed by atoms with E-state index in [1.807, 2.05) is 19.1 Å². The first-order chi connectivity index (χ1) is 5.25. The highest BCUT2D eigenvalue weighted by Crippen LogP contribution is 2.13. The quantitative estimate of drug-likeness (QED) is 0.770. The molecule has 1 aromatic heterocycles. The second-order valence-corrected chi connectivity index (χ2v) is 2.72. The highest BCUT2D eigenvalue weighted by atomic mass is 35.5. The van der Waals surface area contributed by atoms with E-state index in [-0.39, 0.29) is 18.4 Å². The second kappa shape index (κ2) is 5.12. The Morgan fingerprint density at radius 2 is 2.25 bits per heavy atom. The number of pyridine rings is 1. The summed E-state index contributed by atoms with van der Waals surface area (Å²) in [4.78, 5) is 4.22. The van der Waals surface area contributed by atoms with Crippen LogP contribution in [-0.4, -0.2) is 4.98 Å². The van der Waals surface area contributed by atoms with Crippen molar-refractivity contribution < 1.29 is 0 Å². The number of rotatable bonds is 2. The van der Waals surface area contributed by atoms with E-state index < -0.39 is 0 Å². The molecule has 1 unspecified atom stereocenters. The molecule has 0 aliphatic carbocycles. The molecule has 0 aliphatic rings. The van der Waals surface area contributed by atoms with Gasteiger partial charge in [0, 0.05) is 12.2 Å². The van der Waals surface area contributed by atoms with Crippen molar-refractivity contribution in [1.82, 2.24) is 4.98 Å². The Hall–Kier alpha value is -0.600. The van der Waals surface area contributed by atoms with Gasteiger partial charge in [0.1, 0.15) is 0 Å². The molecular formula is C9H15ClN2. The van der Waals surface area contributed by atoms with Crippen LogP contribution >= 0.6 is 12.4 Å². The number of hydrogen-bond acceptors (Lipinski definition) is 2. The zero-order valence-electron chi connectivity index (χ0n) is 7.45. The minimum absolute atomic E-state index is 0. The Bertz CT molecular complexity index is 238. The summed E-state index contributed by atoms with van der Waals surface area (Å²) in [5.41, 5.74) is 8.04. The molecule has 0 saturated carbocycles. The fourth-order valence-electron chi connectivity index (χ4n) is 1.08. The monoisotopic (exact) mass is 186 g/mol. The van der Waals surface area contributed by atoms with E-state index in [2.05, 4.69) is 11.9 Å². The number of aromatic nitrogens is 1. The molecule has 0 amide bonds. The molecule has 0 saturated heterocycles. The predicted molar refractivity (Wildman–Crippen MR) is 53.4 cm³/mol. The normalized spacial score (nSPS) is 11.9. The Morgan fingerprint density at radius 1 is 1.58 bits per heavy atom. The molecule has 1 atom stereocenters. The van der Waals surface area contributed by atoms with Gasteiger partial charge in [-0.05, 0) is 25.0 Å². The van der Waals surface area contributed by atoms with Crippen molar-refractivity contribution in [3.8, 4) is 0 Å². The molecule has 3 heteroatoms. The van der Waals surface area contributed by atoms with Gasteiger partial charge >= 0.3 is 0 Å². The molecule has 0 spiro atoms. The minimum Gasteiger partial charge on any atom is -0.323 e. The highest BCUT2D eigenvalue weighted by Gasteiger charge is 2.05. The van der Waals surface area contributed by atoms with Gasteiger partial charge in [-0.2, -0.15) is 0 Å². The third-order valence-electron chi connectivity index (χ3n) is 1.84. The lowest BCUT2D eigenvalue weighted by Gasteiger charge is -2.09. The lowest BCUT2D eigenvalue weighted by Crippen LogP contribution is -2.11. The van der Waals surface area contributed by atoms with Crippen LogP contribution in [0.5, 0.6) is 0 Å². The summed E-state index contributed by atoms with van der Waals surface area (Å²) in [6, 6.07) is 4.06. The maximum Gasteiger partial charge on any atom is 0.0599 e. The largest absolute Gasteiger partial charge is 0.323 e. The molecule has 0 aromatic carbocycles. The molecule has 0 aliphatic heterocycles. The SMILES string of the molecule is CCC(N)c1ncccc1C.Cl. The average molecular weight is 187 g/mol. The summed E-state index contributed by atoms with van der Waals surface area (Å²) in [7, 11) is 0. The Balaban J connectivity index is 0.00000121. The molecule has 12 heavy (non-hydrogen) atoms. The van der Waals surface area contributed by atoms with Gasteiger partial charge in [0.05, 0.1) is 5.69 Å². The summed E-state index contributed by atoms with van der Waals surface area (Å²) >= 11 is 0. The maximum atomic E-state index is 5.83. The first-order valence-corrected chi connectivity index (χ1v) is 3.92. The van der Waals surface area contributed by atoms with Gasteiger partial charge in [0.15, 0.2) is 0 Å². The van der Waals surface area contributed by atoms with Gasteiger partial charge in [-0.1, -0.05) is 13.0 Å². The first kappa shape index (κ1) is 11.4. The number of nitrogens with zero attached hydrogens (tertiary/aromatic N) is 1. The molecule has 1 heterocycles. The summed E-state index contributed by atoms with van der Waals surface area (Å²) < 4.78 is 0. The van der Waals surface area contributed by atoms with Crippen LogP contribution in [0.1, 0.15) is 30.6 Å². The number of halogens is 1. The van der Waals surface area contributed by atoms with E-state index in [1.54, 1.807) is 6.20 Å². The Kier molecular flexibility index (Phi) is 4.86. The smallest absolute Gasteiger partial charge is 0.0599 e. The van der Waals surface area contributed by atoms with Crippen molar-refractivity contribution in [3.05, 3.63) is 29.6 Å². The zero-order chi connectivity index (χ0) is 8.27. The molecule has 0 bridgehead atoms. The molecule has 1 rings (SSSR count). The summed E-state index contributed by atoms with van der Waals surface area (Å²) in [6.45, 7) is 4.11. The van der Waals surface area contributed by atoms with Crippen molar-refractivity contribution >= 4 is 12.4 Å². The Morgan fingerprint density at radius 3 is 2.75 bits per heavy atom. The van der Waals surface area contributed by atoms with Crippen molar-refractivity contribution in [1.29, 1.82) is 0 Å². The Labute approximate surface area is 79.6 Å². The maximum absolute atomic E-state index is 5.83. The lowest BCUT2D eigenvalue weighted by atomic mass is 10.1. The van der Waals surface area contributed by atoms with Gasteiger partial charge in [-0.25, -0.2) is 0 Å². The van der Waals surface area contributed by atoms with Crippen LogP contribution in [0.2, 0.25) is 0 Å². The number of nitrogens with two attached hydrogens (primary N) is 1. The van der Waals surface area contributed by atoms with Gasteiger partial charge in [-0.3, -0.25) is 4.98 Å².